The highest BCUT2D eigenvalue weighted by atomic mass is 16.4. The molecule has 0 spiro atoms. The summed E-state index contributed by atoms with van der Waals surface area (Å²) in [6, 6.07) is 4.38. The van der Waals surface area contributed by atoms with Gasteiger partial charge in [0.25, 0.3) is 5.91 Å². The fourth-order valence-corrected chi connectivity index (χ4v) is 3.92. The molecule has 4 rings (SSSR count). The van der Waals surface area contributed by atoms with Crippen LogP contribution < -0.4 is 10.6 Å². The van der Waals surface area contributed by atoms with Gasteiger partial charge in [0.2, 0.25) is 5.91 Å². The molecule has 0 radical (unpaired) electrons. The van der Waals surface area contributed by atoms with Crippen molar-refractivity contribution < 1.29 is 24.3 Å². The molecule has 8 heteroatoms. The first-order valence-corrected chi connectivity index (χ1v) is 8.65. The number of carboxylic acid groups (broad SMARTS) is 1. The monoisotopic (exact) mass is 357 g/mol. The maximum Gasteiger partial charge on any atom is 0.335 e. The zero-order valence-electron chi connectivity index (χ0n) is 14.1. The molecule has 1 saturated carbocycles. The van der Waals surface area contributed by atoms with Crippen molar-refractivity contribution in [2.24, 2.45) is 5.92 Å². The third-order valence-electron chi connectivity index (χ3n) is 5.50. The second kappa shape index (κ2) is 5.82. The zero-order chi connectivity index (χ0) is 18.5. The first kappa shape index (κ1) is 16.6. The molecule has 1 aliphatic carbocycles. The van der Waals surface area contributed by atoms with Crippen molar-refractivity contribution in [3.63, 3.8) is 0 Å². The lowest BCUT2D eigenvalue weighted by Gasteiger charge is -2.26. The molecule has 0 bridgehead atoms. The highest BCUT2D eigenvalue weighted by molar-refractivity contribution is 6.07. The SMILES string of the molecule is O=C1NC(=O)[C@](CCC(=O)N2Cc3ccc(C(=O)O)cc3C2)(C2CC2)N1. The summed E-state index contributed by atoms with van der Waals surface area (Å²) in [5.74, 6) is -1.34. The fourth-order valence-electron chi connectivity index (χ4n) is 3.92. The van der Waals surface area contributed by atoms with Crippen molar-refractivity contribution in [3.05, 3.63) is 34.9 Å². The van der Waals surface area contributed by atoms with Crippen LogP contribution in [-0.2, 0) is 22.7 Å². The van der Waals surface area contributed by atoms with Crippen LogP contribution >= 0.6 is 0 Å². The van der Waals surface area contributed by atoms with Crippen molar-refractivity contribution in [2.45, 2.75) is 44.3 Å². The molecule has 1 saturated heterocycles. The van der Waals surface area contributed by atoms with Gasteiger partial charge in [-0.3, -0.25) is 14.9 Å². The molecule has 1 atom stereocenters. The molecule has 0 aromatic heterocycles. The molecular formula is C18H19N3O5. The average Bonchev–Trinajstić information content (AvgIpc) is 3.29. The van der Waals surface area contributed by atoms with E-state index in [2.05, 4.69) is 10.6 Å². The Morgan fingerprint density at radius 2 is 1.92 bits per heavy atom. The van der Waals surface area contributed by atoms with Crippen molar-refractivity contribution in [2.75, 3.05) is 0 Å². The smallest absolute Gasteiger partial charge is 0.335 e. The highest BCUT2D eigenvalue weighted by Gasteiger charge is 2.55. The number of carbonyl (C=O) groups excluding carboxylic acids is 3. The number of nitrogens with one attached hydrogen (secondary N) is 2. The van der Waals surface area contributed by atoms with Crippen molar-refractivity contribution in [3.8, 4) is 0 Å². The molecular weight excluding hydrogens is 338 g/mol. The van der Waals surface area contributed by atoms with Crippen LogP contribution in [0.3, 0.4) is 0 Å². The third kappa shape index (κ3) is 2.71. The molecule has 3 aliphatic rings. The molecule has 1 aromatic rings. The van der Waals surface area contributed by atoms with Gasteiger partial charge in [0.05, 0.1) is 5.56 Å². The van der Waals surface area contributed by atoms with Crippen molar-refractivity contribution in [1.82, 2.24) is 15.5 Å². The van der Waals surface area contributed by atoms with Crippen LogP contribution in [0.4, 0.5) is 4.79 Å². The maximum absolute atomic E-state index is 12.6. The summed E-state index contributed by atoms with van der Waals surface area (Å²) in [5.41, 5.74) is 1.01. The lowest BCUT2D eigenvalue weighted by Crippen LogP contribution is -2.49. The minimum absolute atomic E-state index is 0.0932. The molecule has 0 unspecified atom stereocenters. The van der Waals surface area contributed by atoms with Gasteiger partial charge in [-0.05, 0) is 48.4 Å². The van der Waals surface area contributed by atoms with Crippen LogP contribution in [0.5, 0.6) is 0 Å². The molecule has 4 amide bonds. The van der Waals surface area contributed by atoms with E-state index in [4.69, 9.17) is 5.11 Å². The summed E-state index contributed by atoms with van der Waals surface area (Å²) in [5, 5.41) is 14.1. The molecule has 2 fully saturated rings. The molecule has 3 N–H and O–H groups in total. The van der Waals surface area contributed by atoms with E-state index in [0.29, 0.717) is 13.1 Å². The number of rotatable bonds is 5. The lowest BCUT2D eigenvalue weighted by molar-refractivity contribution is -0.133. The van der Waals surface area contributed by atoms with Crippen molar-refractivity contribution >= 4 is 23.8 Å². The number of aromatic carboxylic acids is 1. The number of benzene rings is 1. The number of amides is 4. The van der Waals surface area contributed by atoms with E-state index in [-0.39, 0.29) is 36.1 Å². The second-order valence-electron chi connectivity index (χ2n) is 7.19. The Labute approximate surface area is 149 Å². The van der Waals surface area contributed by atoms with Gasteiger partial charge in [0, 0.05) is 19.5 Å². The van der Waals surface area contributed by atoms with E-state index < -0.39 is 17.5 Å². The third-order valence-corrected chi connectivity index (χ3v) is 5.50. The van der Waals surface area contributed by atoms with Crippen LogP contribution in [0.2, 0.25) is 0 Å². The maximum atomic E-state index is 12.6. The van der Waals surface area contributed by atoms with Gasteiger partial charge in [0.15, 0.2) is 0 Å². The minimum atomic E-state index is -0.994. The van der Waals surface area contributed by atoms with Crippen molar-refractivity contribution in [1.29, 1.82) is 0 Å². The first-order valence-electron chi connectivity index (χ1n) is 8.65. The van der Waals surface area contributed by atoms with E-state index in [1.165, 1.54) is 6.07 Å². The summed E-state index contributed by atoms with van der Waals surface area (Å²) in [6.45, 7) is 0.799. The Hall–Kier alpha value is -2.90. The van der Waals surface area contributed by atoms with Crippen LogP contribution in [0.15, 0.2) is 18.2 Å². The van der Waals surface area contributed by atoms with Gasteiger partial charge >= 0.3 is 12.0 Å². The fraction of sp³-hybridized carbons (Fsp3) is 0.444. The van der Waals surface area contributed by atoms with Crippen LogP contribution in [0.25, 0.3) is 0 Å². The number of nitrogens with zero attached hydrogens (tertiary/aromatic N) is 1. The molecule has 2 aliphatic heterocycles. The number of fused-ring (bicyclic) bond motifs is 1. The van der Waals surface area contributed by atoms with E-state index in [0.717, 1.165) is 24.0 Å². The number of hydrogen-bond donors (Lipinski definition) is 3. The van der Waals surface area contributed by atoms with Crippen LogP contribution in [0, 0.1) is 5.92 Å². The number of urea groups is 1. The minimum Gasteiger partial charge on any atom is -0.478 e. The molecule has 2 heterocycles. The van der Waals surface area contributed by atoms with Crippen LogP contribution in [-0.4, -0.2) is 39.4 Å². The van der Waals surface area contributed by atoms with Gasteiger partial charge in [-0.25, -0.2) is 9.59 Å². The first-order chi connectivity index (χ1) is 12.4. The van der Waals surface area contributed by atoms with E-state index in [1.807, 2.05) is 0 Å². The number of carboxylic acids is 1. The Balaban J connectivity index is 1.42. The van der Waals surface area contributed by atoms with E-state index in [1.54, 1.807) is 17.0 Å². The number of carbonyl (C=O) groups is 4. The summed E-state index contributed by atoms with van der Waals surface area (Å²) in [4.78, 5) is 49.1. The normalized spacial score (nSPS) is 24.2. The number of imide groups is 1. The predicted molar refractivity (Wildman–Crippen MR) is 89.0 cm³/mol. The molecule has 8 nitrogen and oxygen atoms in total. The zero-order valence-corrected chi connectivity index (χ0v) is 14.1. The van der Waals surface area contributed by atoms with E-state index >= 15 is 0 Å². The van der Waals surface area contributed by atoms with Gasteiger partial charge in [-0.1, -0.05) is 6.07 Å². The largest absolute Gasteiger partial charge is 0.478 e. The standard InChI is InChI=1S/C18H19N3O5/c22-14(5-6-18(13-3-4-13)16(25)19-17(26)20-18)21-8-11-2-1-10(15(23)24)7-12(11)9-21/h1-2,7,13H,3-6,8-9H2,(H,23,24)(H2,19,20,25,26)/t18-/m0/s1. The predicted octanol–water partition coefficient (Wildman–Crippen LogP) is 0.995. The Morgan fingerprint density at radius 3 is 2.54 bits per heavy atom. The molecule has 26 heavy (non-hydrogen) atoms. The molecule has 136 valence electrons. The van der Waals surface area contributed by atoms with Gasteiger partial charge in [0.1, 0.15) is 5.54 Å². The number of hydrogen-bond acceptors (Lipinski definition) is 4. The van der Waals surface area contributed by atoms with Crippen LogP contribution in [0.1, 0.15) is 47.2 Å². The summed E-state index contributed by atoms with van der Waals surface area (Å²) >= 11 is 0. The second-order valence-corrected chi connectivity index (χ2v) is 7.19. The Kier molecular flexibility index (Phi) is 3.71. The Morgan fingerprint density at radius 1 is 1.19 bits per heavy atom. The Bertz CT molecular complexity index is 832. The molecule has 1 aromatic carbocycles. The van der Waals surface area contributed by atoms with E-state index in [9.17, 15) is 19.2 Å². The average molecular weight is 357 g/mol. The summed E-state index contributed by atoms with van der Waals surface area (Å²) < 4.78 is 0. The lowest BCUT2D eigenvalue weighted by atomic mass is 9.88. The summed E-state index contributed by atoms with van der Waals surface area (Å²) in [6.07, 6.45) is 2.18. The van der Waals surface area contributed by atoms with Gasteiger partial charge in [-0.15, -0.1) is 0 Å². The quantitative estimate of drug-likeness (QED) is 0.680. The summed E-state index contributed by atoms with van der Waals surface area (Å²) in [7, 11) is 0. The van der Waals surface area contributed by atoms with Gasteiger partial charge in [-0.2, -0.15) is 0 Å². The van der Waals surface area contributed by atoms with Gasteiger partial charge < -0.3 is 15.3 Å². The highest BCUT2D eigenvalue weighted by Crippen LogP contribution is 2.44. The topological polar surface area (TPSA) is 116 Å².